The van der Waals surface area contributed by atoms with E-state index in [4.69, 9.17) is 4.74 Å². The Morgan fingerprint density at radius 3 is 2.60 bits per heavy atom. The molecule has 0 aromatic heterocycles. The van der Waals surface area contributed by atoms with Crippen molar-refractivity contribution in [3.8, 4) is 0 Å². The predicted molar refractivity (Wildman–Crippen MR) is 41.5 cm³/mol. The summed E-state index contributed by atoms with van der Waals surface area (Å²) in [7, 11) is 1.83. The summed E-state index contributed by atoms with van der Waals surface area (Å²) < 4.78 is 5.45. The second-order valence-electron chi connectivity index (χ2n) is 2.70. The molecule has 0 amide bonds. The Balaban J connectivity index is 2.17. The Labute approximate surface area is 62.3 Å². The van der Waals surface area contributed by atoms with Crippen molar-refractivity contribution in [2.24, 2.45) is 0 Å². The second kappa shape index (κ2) is 3.49. The topological polar surface area (TPSA) is 21.3 Å². The Bertz CT molecular complexity index is 116. The summed E-state index contributed by atoms with van der Waals surface area (Å²) in [5.41, 5.74) is 0. The Morgan fingerprint density at radius 1 is 1.50 bits per heavy atom. The van der Waals surface area contributed by atoms with Crippen molar-refractivity contribution in [2.75, 3.05) is 7.05 Å². The lowest BCUT2D eigenvalue weighted by Crippen LogP contribution is -2.14. The smallest absolute Gasteiger partial charge is 0.179 e. The van der Waals surface area contributed by atoms with Gasteiger partial charge in [0.2, 0.25) is 0 Å². The Morgan fingerprint density at radius 2 is 2.10 bits per heavy atom. The van der Waals surface area contributed by atoms with Crippen LogP contribution in [0.25, 0.3) is 0 Å². The summed E-state index contributed by atoms with van der Waals surface area (Å²) in [5.74, 6) is 0.701. The number of nitrogens with one attached hydrogen (secondary N) is 1. The van der Waals surface area contributed by atoms with Gasteiger partial charge in [-0.1, -0.05) is 0 Å². The minimum Gasteiger partial charge on any atom is -0.476 e. The third-order valence-corrected chi connectivity index (χ3v) is 1.89. The van der Waals surface area contributed by atoms with Crippen LogP contribution < -0.4 is 5.32 Å². The molecule has 1 rings (SSSR count). The Kier molecular flexibility index (Phi) is 2.60. The van der Waals surface area contributed by atoms with E-state index >= 15 is 0 Å². The van der Waals surface area contributed by atoms with Crippen molar-refractivity contribution in [3.63, 3.8) is 0 Å². The molecule has 1 aliphatic rings. The SMILES string of the molecule is C=C(NC)OC1CCCC1. The van der Waals surface area contributed by atoms with E-state index in [1.165, 1.54) is 25.7 Å². The Hall–Kier alpha value is -0.660. The van der Waals surface area contributed by atoms with Gasteiger partial charge in [0.25, 0.3) is 0 Å². The highest BCUT2D eigenvalue weighted by atomic mass is 16.5. The van der Waals surface area contributed by atoms with Crippen LogP contribution in [-0.4, -0.2) is 13.2 Å². The maximum Gasteiger partial charge on any atom is 0.179 e. The van der Waals surface area contributed by atoms with Gasteiger partial charge in [-0.25, -0.2) is 0 Å². The van der Waals surface area contributed by atoms with E-state index in [-0.39, 0.29) is 0 Å². The number of hydrogen-bond donors (Lipinski definition) is 1. The average Bonchev–Trinajstić information content (AvgIpc) is 2.40. The molecule has 0 aromatic rings. The van der Waals surface area contributed by atoms with Crippen molar-refractivity contribution < 1.29 is 4.74 Å². The lowest BCUT2D eigenvalue weighted by molar-refractivity contribution is 0.111. The predicted octanol–water partition coefficient (Wildman–Crippen LogP) is 1.64. The van der Waals surface area contributed by atoms with Gasteiger partial charge in [0.1, 0.15) is 6.10 Å². The molecule has 0 saturated heterocycles. The van der Waals surface area contributed by atoms with Crippen LogP contribution >= 0.6 is 0 Å². The van der Waals surface area contributed by atoms with E-state index in [0.717, 1.165) is 0 Å². The van der Waals surface area contributed by atoms with Crippen LogP contribution in [-0.2, 0) is 4.74 Å². The molecule has 0 atom stereocenters. The van der Waals surface area contributed by atoms with Crippen LogP contribution in [0.2, 0.25) is 0 Å². The summed E-state index contributed by atoms with van der Waals surface area (Å²) >= 11 is 0. The zero-order chi connectivity index (χ0) is 7.40. The minimum absolute atomic E-state index is 0.431. The molecule has 0 unspecified atom stereocenters. The molecule has 0 bridgehead atoms. The molecule has 1 saturated carbocycles. The fourth-order valence-electron chi connectivity index (χ4n) is 1.27. The maximum atomic E-state index is 5.45. The molecule has 0 spiro atoms. The summed E-state index contributed by atoms with van der Waals surface area (Å²) in [5, 5.41) is 2.88. The highest BCUT2D eigenvalue weighted by molar-refractivity contribution is 4.80. The molecule has 0 aliphatic heterocycles. The zero-order valence-corrected chi connectivity index (χ0v) is 6.52. The third-order valence-electron chi connectivity index (χ3n) is 1.89. The van der Waals surface area contributed by atoms with Gasteiger partial charge in [0, 0.05) is 7.05 Å². The van der Waals surface area contributed by atoms with Crippen LogP contribution in [0.15, 0.2) is 12.5 Å². The quantitative estimate of drug-likeness (QED) is 0.603. The number of hydrogen-bond acceptors (Lipinski definition) is 2. The van der Waals surface area contributed by atoms with Gasteiger partial charge in [-0.15, -0.1) is 0 Å². The third kappa shape index (κ3) is 1.94. The van der Waals surface area contributed by atoms with Gasteiger partial charge in [0.15, 0.2) is 5.88 Å². The first-order valence-electron chi connectivity index (χ1n) is 3.86. The first-order chi connectivity index (χ1) is 4.83. The van der Waals surface area contributed by atoms with E-state index in [1.54, 1.807) is 0 Å². The molecule has 58 valence electrons. The van der Waals surface area contributed by atoms with Gasteiger partial charge < -0.3 is 10.1 Å². The van der Waals surface area contributed by atoms with Crippen molar-refractivity contribution in [1.29, 1.82) is 0 Å². The summed E-state index contributed by atoms with van der Waals surface area (Å²) in [4.78, 5) is 0. The molecule has 0 radical (unpaired) electrons. The van der Waals surface area contributed by atoms with Crippen molar-refractivity contribution in [1.82, 2.24) is 5.32 Å². The molecule has 1 fully saturated rings. The maximum absolute atomic E-state index is 5.45. The van der Waals surface area contributed by atoms with E-state index in [2.05, 4.69) is 11.9 Å². The summed E-state index contributed by atoms with van der Waals surface area (Å²) in [6.07, 6.45) is 5.44. The van der Waals surface area contributed by atoms with Gasteiger partial charge in [-0.3, -0.25) is 0 Å². The highest BCUT2D eigenvalue weighted by Gasteiger charge is 2.15. The first-order valence-corrected chi connectivity index (χ1v) is 3.86. The molecular formula is C8H15NO. The van der Waals surface area contributed by atoms with Crippen LogP contribution in [0.3, 0.4) is 0 Å². The monoisotopic (exact) mass is 141 g/mol. The highest BCUT2D eigenvalue weighted by Crippen LogP contribution is 2.21. The summed E-state index contributed by atoms with van der Waals surface area (Å²) in [6, 6.07) is 0. The zero-order valence-electron chi connectivity index (χ0n) is 6.52. The van der Waals surface area contributed by atoms with Gasteiger partial charge >= 0.3 is 0 Å². The second-order valence-corrected chi connectivity index (χ2v) is 2.70. The average molecular weight is 141 g/mol. The van der Waals surface area contributed by atoms with Gasteiger partial charge in [-0.2, -0.15) is 0 Å². The first kappa shape index (κ1) is 7.45. The van der Waals surface area contributed by atoms with Crippen molar-refractivity contribution in [3.05, 3.63) is 12.5 Å². The molecule has 2 nitrogen and oxygen atoms in total. The molecule has 0 heterocycles. The molecule has 10 heavy (non-hydrogen) atoms. The number of rotatable bonds is 3. The van der Waals surface area contributed by atoms with E-state index in [9.17, 15) is 0 Å². The van der Waals surface area contributed by atoms with Crippen molar-refractivity contribution >= 4 is 0 Å². The van der Waals surface area contributed by atoms with Gasteiger partial charge in [-0.05, 0) is 32.3 Å². The normalized spacial score (nSPS) is 18.9. The molecule has 1 N–H and O–H groups in total. The van der Waals surface area contributed by atoms with Crippen LogP contribution in [0.5, 0.6) is 0 Å². The van der Waals surface area contributed by atoms with Crippen LogP contribution in [0.1, 0.15) is 25.7 Å². The fraction of sp³-hybridized carbons (Fsp3) is 0.750. The van der Waals surface area contributed by atoms with Crippen LogP contribution in [0, 0.1) is 0 Å². The van der Waals surface area contributed by atoms with Crippen molar-refractivity contribution in [2.45, 2.75) is 31.8 Å². The molecular weight excluding hydrogens is 126 g/mol. The molecule has 0 aromatic carbocycles. The lowest BCUT2D eigenvalue weighted by Gasteiger charge is -2.13. The summed E-state index contributed by atoms with van der Waals surface area (Å²) in [6.45, 7) is 3.70. The van der Waals surface area contributed by atoms with E-state index in [1.807, 2.05) is 7.05 Å². The minimum atomic E-state index is 0.431. The largest absolute Gasteiger partial charge is 0.476 e. The van der Waals surface area contributed by atoms with Gasteiger partial charge in [0.05, 0.1) is 0 Å². The van der Waals surface area contributed by atoms with E-state index < -0.39 is 0 Å². The molecule has 1 aliphatic carbocycles. The standard InChI is InChI=1S/C8H15NO/c1-7(9-2)10-8-5-3-4-6-8/h8-9H,1,3-6H2,2H3. The van der Waals surface area contributed by atoms with E-state index in [0.29, 0.717) is 12.0 Å². The fourth-order valence-corrected chi connectivity index (χ4v) is 1.27. The number of ether oxygens (including phenoxy) is 1. The van der Waals surface area contributed by atoms with Crippen LogP contribution in [0.4, 0.5) is 0 Å². The molecule has 2 heteroatoms. The lowest BCUT2D eigenvalue weighted by atomic mass is 10.3.